The minimum Gasteiger partial charge on any atom is -0.344 e. The molecule has 0 saturated carbocycles. The molecule has 0 aliphatic carbocycles. The lowest BCUT2D eigenvalue weighted by molar-refractivity contribution is -0.137. The predicted molar refractivity (Wildman–Crippen MR) is 127 cm³/mol. The van der Waals surface area contributed by atoms with Crippen LogP contribution in [-0.4, -0.2) is 45.3 Å². The smallest absolute Gasteiger partial charge is 0.344 e. The Morgan fingerprint density at radius 2 is 1.73 bits per heavy atom. The topological polar surface area (TPSA) is 88.1 Å². The number of hydrogen-bond acceptors (Lipinski definition) is 6. The highest BCUT2D eigenvalue weighted by atomic mass is 32.1. The molecule has 3 aromatic rings. The highest BCUT2D eigenvalue weighted by Crippen LogP contribution is 2.36. The molecule has 1 N–H and O–H groups in total. The number of thiazole rings is 1. The van der Waals surface area contributed by atoms with Gasteiger partial charge in [0.15, 0.2) is 0 Å². The van der Waals surface area contributed by atoms with Gasteiger partial charge in [0.25, 0.3) is 17.7 Å². The molecule has 13 heteroatoms. The summed E-state index contributed by atoms with van der Waals surface area (Å²) in [5.41, 5.74) is -1.87. The standard InChI is InChI=1S/C24H24F5N5O2S/c1-6-34(5)22(36)17-11-31-21(37-17)19-18(32-12(2)10-30-19)13(3)33-20(35)14-7-15(23(4,25)26)9-16(8-14)24(27,28)29/h7-11,13H,6H2,1-5H3,(H,33,35). The minimum absolute atomic E-state index is 0.234. The van der Waals surface area contributed by atoms with Crippen molar-refractivity contribution in [2.45, 2.75) is 45.8 Å². The lowest BCUT2D eigenvalue weighted by Gasteiger charge is -2.19. The number of halogens is 5. The van der Waals surface area contributed by atoms with E-state index in [4.69, 9.17) is 0 Å². The Bertz CT molecular complexity index is 1290. The fourth-order valence-electron chi connectivity index (χ4n) is 3.30. The van der Waals surface area contributed by atoms with E-state index in [9.17, 15) is 31.5 Å². The van der Waals surface area contributed by atoms with Crippen molar-refractivity contribution in [2.24, 2.45) is 0 Å². The summed E-state index contributed by atoms with van der Waals surface area (Å²) in [6.45, 7) is 5.95. The van der Waals surface area contributed by atoms with E-state index in [0.29, 0.717) is 41.2 Å². The third-order valence-corrected chi connectivity index (χ3v) is 6.44. The summed E-state index contributed by atoms with van der Waals surface area (Å²) in [5, 5.41) is 2.86. The summed E-state index contributed by atoms with van der Waals surface area (Å²) >= 11 is 1.07. The van der Waals surface area contributed by atoms with E-state index < -0.39 is 40.7 Å². The van der Waals surface area contributed by atoms with Gasteiger partial charge in [0.1, 0.15) is 15.6 Å². The first kappa shape index (κ1) is 28.1. The zero-order chi connectivity index (χ0) is 27.7. The van der Waals surface area contributed by atoms with E-state index >= 15 is 0 Å². The van der Waals surface area contributed by atoms with Crippen molar-refractivity contribution in [3.8, 4) is 10.7 Å². The number of hydrogen-bond donors (Lipinski definition) is 1. The number of aryl methyl sites for hydroxylation is 1. The molecule has 0 bridgehead atoms. The maximum atomic E-state index is 13.9. The van der Waals surface area contributed by atoms with Gasteiger partial charge in [0, 0.05) is 37.8 Å². The summed E-state index contributed by atoms with van der Waals surface area (Å²) in [6.07, 6.45) is -2.06. The number of aromatic nitrogens is 3. The number of nitrogens with one attached hydrogen (secondary N) is 1. The van der Waals surface area contributed by atoms with Gasteiger partial charge in [-0.3, -0.25) is 14.6 Å². The monoisotopic (exact) mass is 541 g/mol. The summed E-state index contributed by atoms with van der Waals surface area (Å²) in [7, 11) is 1.64. The summed E-state index contributed by atoms with van der Waals surface area (Å²) in [6, 6.07) is 0.671. The highest BCUT2D eigenvalue weighted by molar-refractivity contribution is 7.16. The second-order valence-corrected chi connectivity index (χ2v) is 9.51. The molecule has 2 amide bonds. The van der Waals surface area contributed by atoms with Gasteiger partial charge >= 0.3 is 6.18 Å². The molecule has 2 aromatic heterocycles. The second kappa shape index (κ2) is 10.5. The second-order valence-electron chi connectivity index (χ2n) is 8.47. The number of benzene rings is 1. The molecule has 0 aliphatic rings. The van der Waals surface area contributed by atoms with Crippen molar-refractivity contribution < 1.29 is 31.5 Å². The average Bonchev–Trinajstić information content (AvgIpc) is 3.31. The molecule has 37 heavy (non-hydrogen) atoms. The van der Waals surface area contributed by atoms with E-state index in [2.05, 4.69) is 20.3 Å². The Balaban J connectivity index is 1.96. The van der Waals surface area contributed by atoms with E-state index in [1.807, 2.05) is 6.92 Å². The van der Waals surface area contributed by atoms with E-state index in [0.717, 1.165) is 17.4 Å². The van der Waals surface area contributed by atoms with Gasteiger partial charge in [-0.25, -0.2) is 18.7 Å². The molecule has 1 aromatic carbocycles. The Kier molecular flexibility index (Phi) is 7.96. The molecule has 0 aliphatic heterocycles. The SMILES string of the molecule is CCN(C)C(=O)c1cnc(-c2ncc(C)nc2C(C)NC(=O)c2cc(C(C)(F)F)cc(C(F)(F)F)c2)s1. The first-order chi connectivity index (χ1) is 17.1. The number of alkyl halides is 5. The predicted octanol–water partition coefficient (Wildman–Crippen LogP) is 5.62. The van der Waals surface area contributed by atoms with Crippen LogP contribution in [-0.2, 0) is 12.1 Å². The van der Waals surface area contributed by atoms with Crippen molar-refractivity contribution in [1.82, 2.24) is 25.2 Å². The maximum Gasteiger partial charge on any atom is 0.416 e. The zero-order valence-corrected chi connectivity index (χ0v) is 21.4. The van der Waals surface area contributed by atoms with Crippen molar-refractivity contribution in [3.05, 3.63) is 63.5 Å². The van der Waals surface area contributed by atoms with Gasteiger partial charge in [-0.2, -0.15) is 13.2 Å². The van der Waals surface area contributed by atoms with Crippen LogP contribution in [0.1, 0.15) is 69.4 Å². The summed E-state index contributed by atoms with van der Waals surface area (Å²) < 4.78 is 67.7. The van der Waals surface area contributed by atoms with Crippen LogP contribution in [0.4, 0.5) is 22.0 Å². The van der Waals surface area contributed by atoms with Crippen LogP contribution in [0.2, 0.25) is 0 Å². The molecule has 198 valence electrons. The average molecular weight is 542 g/mol. The van der Waals surface area contributed by atoms with Gasteiger partial charge in [-0.05, 0) is 39.0 Å². The number of carbonyl (C=O) groups is 2. The number of amides is 2. The molecule has 1 atom stereocenters. The van der Waals surface area contributed by atoms with Gasteiger partial charge in [-0.15, -0.1) is 11.3 Å². The Hall–Kier alpha value is -3.48. The molecule has 0 spiro atoms. The number of nitrogens with zero attached hydrogens (tertiary/aromatic N) is 4. The summed E-state index contributed by atoms with van der Waals surface area (Å²) in [4.78, 5) is 40.2. The van der Waals surface area contributed by atoms with Crippen molar-refractivity contribution >= 4 is 23.2 Å². The van der Waals surface area contributed by atoms with Gasteiger partial charge < -0.3 is 10.2 Å². The van der Waals surface area contributed by atoms with Crippen molar-refractivity contribution in [3.63, 3.8) is 0 Å². The normalized spacial score (nSPS) is 12.8. The highest BCUT2D eigenvalue weighted by Gasteiger charge is 2.35. The van der Waals surface area contributed by atoms with Gasteiger partial charge in [0.2, 0.25) is 0 Å². The van der Waals surface area contributed by atoms with Crippen LogP contribution in [0.25, 0.3) is 10.7 Å². The summed E-state index contributed by atoms with van der Waals surface area (Å²) in [5.74, 6) is -4.83. The lowest BCUT2D eigenvalue weighted by atomic mass is 10.0. The largest absolute Gasteiger partial charge is 0.416 e. The fraction of sp³-hybridized carbons (Fsp3) is 0.375. The lowest BCUT2D eigenvalue weighted by Crippen LogP contribution is -2.29. The van der Waals surface area contributed by atoms with Crippen LogP contribution < -0.4 is 5.32 Å². The quantitative estimate of drug-likeness (QED) is 0.392. The van der Waals surface area contributed by atoms with Crippen LogP contribution in [0.5, 0.6) is 0 Å². The maximum absolute atomic E-state index is 13.9. The van der Waals surface area contributed by atoms with E-state index in [1.54, 1.807) is 14.0 Å². The van der Waals surface area contributed by atoms with Gasteiger partial charge in [0.05, 0.1) is 29.2 Å². The van der Waals surface area contributed by atoms with Crippen molar-refractivity contribution in [2.75, 3.05) is 13.6 Å². The molecule has 1 unspecified atom stereocenters. The zero-order valence-electron chi connectivity index (χ0n) is 20.6. The molecule has 0 fully saturated rings. The minimum atomic E-state index is -4.93. The third kappa shape index (κ3) is 6.45. The molecular formula is C24H24F5N5O2S. The molecule has 0 radical (unpaired) electrons. The van der Waals surface area contributed by atoms with Gasteiger partial charge in [-0.1, -0.05) is 0 Å². The number of carbonyl (C=O) groups excluding carboxylic acids is 2. The van der Waals surface area contributed by atoms with E-state index in [-0.39, 0.29) is 17.3 Å². The van der Waals surface area contributed by atoms with Crippen LogP contribution in [0.15, 0.2) is 30.6 Å². The first-order valence-corrected chi connectivity index (χ1v) is 11.9. The molecule has 0 saturated heterocycles. The van der Waals surface area contributed by atoms with Crippen LogP contribution >= 0.6 is 11.3 Å². The van der Waals surface area contributed by atoms with Crippen LogP contribution in [0, 0.1) is 6.92 Å². The first-order valence-electron chi connectivity index (χ1n) is 11.1. The van der Waals surface area contributed by atoms with E-state index in [1.165, 1.54) is 24.2 Å². The number of rotatable bonds is 7. The molecular weight excluding hydrogens is 517 g/mol. The van der Waals surface area contributed by atoms with Crippen molar-refractivity contribution in [1.29, 1.82) is 0 Å². The van der Waals surface area contributed by atoms with Crippen LogP contribution in [0.3, 0.4) is 0 Å². The Morgan fingerprint density at radius 1 is 1.08 bits per heavy atom. The Morgan fingerprint density at radius 3 is 2.32 bits per heavy atom. The molecule has 7 nitrogen and oxygen atoms in total. The molecule has 2 heterocycles. The Labute approximate surface area is 213 Å². The molecule has 3 rings (SSSR count). The third-order valence-electron chi connectivity index (χ3n) is 5.45. The fourth-order valence-corrected chi connectivity index (χ4v) is 4.22.